The van der Waals surface area contributed by atoms with Crippen LogP contribution in [0.15, 0.2) is 30.3 Å². The van der Waals surface area contributed by atoms with E-state index in [-0.39, 0.29) is 0 Å². The summed E-state index contributed by atoms with van der Waals surface area (Å²) in [6.45, 7) is 7.99. The Balaban J connectivity index is 2.09. The molecule has 0 saturated carbocycles. The van der Waals surface area contributed by atoms with Crippen molar-refractivity contribution in [2.45, 2.75) is 32.6 Å². The van der Waals surface area contributed by atoms with Crippen molar-refractivity contribution in [3.8, 4) is 0 Å². The van der Waals surface area contributed by atoms with Crippen LogP contribution in [0.1, 0.15) is 31.7 Å². The van der Waals surface area contributed by atoms with Crippen LogP contribution < -0.4 is 0 Å². The van der Waals surface area contributed by atoms with E-state index in [1.807, 2.05) is 6.07 Å². The minimum absolute atomic E-state index is 0.365. The van der Waals surface area contributed by atoms with Crippen molar-refractivity contribution < 1.29 is 4.74 Å². The van der Waals surface area contributed by atoms with Crippen molar-refractivity contribution >= 4 is 0 Å². The first-order chi connectivity index (χ1) is 7.83. The van der Waals surface area contributed by atoms with Crippen molar-refractivity contribution in [3.63, 3.8) is 0 Å². The summed E-state index contributed by atoms with van der Waals surface area (Å²) < 4.78 is 5.61. The summed E-state index contributed by atoms with van der Waals surface area (Å²) in [4.78, 5) is 0. The highest BCUT2D eigenvalue weighted by Gasteiger charge is 2.03. The Bertz CT molecular complexity index is 255. The summed E-state index contributed by atoms with van der Waals surface area (Å²) in [5.41, 5.74) is 1.35. The van der Waals surface area contributed by atoms with Crippen LogP contribution in [0.3, 0.4) is 0 Å². The topological polar surface area (TPSA) is 9.23 Å². The standard InChI is InChI=1S/C15H23O/c1-3-4-8-11-16-13-14(2)12-15-9-6-5-7-10-15/h5-7,9-10,14H,2-4,8,11-13H2,1H3. The van der Waals surface area contributed by atoms with Crippen LogP contribution in [0.2, 0.25) is 0 Å². The van der Waals surface area contributed by atoms with E-state index >= 15 is 0 Å². The second-order valence-corrected chi connectivity index (χ2v) is 4.34. The first-order valence-corrected chi connectivity index (χ1v) is 6.27. The van der Waals surface area contributed by atoms with E-state index in [1.54, 1.807) is 0 Å². The predicted molar refractivity (Wildman–Crippen MR) is 69.3 cm³/mol. The molecule has 1 rings (SSSR count). The predicted octanol–water partition coefficient (Wildman–Crippen LogP) is 3.89. The molecule has 0 bridgehead atoms. The highest BCUT2D eigenvalue weighted by atomic mass is 16.5. The Morgan fingerprint density at radius 2 is 1.94 bits per heavy atom. The molecule has 0 N–H and O–H groups in total. The van der Waals surface area contributed by atoms with Gasteiger partial charge in [0.1, 0.15) is 0 Å². The fraction of sp³-hybridized carbons (Fsp3) is 0.533. The lowest BCUT2D eigenvalue weighted by Gasteiger charge is -2.11. The van der Waals surface area contributed by atoms with Gasteiger partial charge in [0.05, 0.1) is 0 Å². The van der Waals surface area contributed by atoms with E-state index in [0.717, 1.165) is 19.6 Å². The minimum Gasteiger partial charge on any atom is -0.381 e. The molecule has 16 heavy (non-hydrogen) atoms. The molecule has 0 fully saturated rings. The van der Waals surface area contributed by atoms with Crippen molar-refractivity contribution in [3.05, 3.63) is 42.8 Å². The average Bonchev–Trinajstić information content (AvgIpc) is 2.30. The minimum atomic E-state index is 0.365. The van der Waals surface area contributed by atoms with Gasteiger partial charge in [-0.3, -0.25) is 0 Å². The number of hydrogen-bond donors (Lipinski definition) is 0. The summed E-state index contributed by atoms with van der Waals surface area (Å²) in [6, 6.07) is 10.5. The normalized spacial score (nSPS) is 12.6. The summed E-state index contributed by atoms with van der Waals surface area (Å²) in [6.07, 6.45) is 4.70. The van der Waals surface area contributed by atoms with Gasteiger partial charge in [-0.05, 0) is 31.2 Å². The van der Waals surface area contributed by atoms with Crippen LogP contribution in [0.25, 0.3) is 0 Å². The summed E-state index contributed by atoms with van der Waals surface area (Å²) in [5, 5.41) is 0. The Labute approximate surface area is 99.8 Å². The van der Waals surface area contributed by atoms with E-state index < -0.39 is 0 Å². The maximum atomic E-state index is 5.61. The molecule has 0 spiro atoms. The fourth-order valence-corrected chi connectivity index (χ4v) is 1.71. The average molecular weight is 219 g/mol. The Kier molecular flexibility index (Phi) is 6.91. The monoisotopic (exact) mass is 219 g/mol. The molecule has 1 aromatic carbocycles. The van der Waals surface area contributed by atoms with Gasteiger partial charge in [0, 0.05) is 13.2 Å². The zero-order valence-corrected chi connectivity index (χ0v) is 10.3. The molecule has 1 atom stereocenters. The lowest BCUT2D eigenvalue weighted by Crippen LogP contribution is -2.10. The zero-order valence-electron chi connectivity index (χ0n) is 10.3. The lowest BCUT2D eigenvalue weighted by molar-refractivity contribution is 0.108. The van der Waals surface area contributed by atoms with Crippen LogP contribution in [-0.2, 0) is 11.2 Å². The summed E-state index contributed by atoms with van der Waals surface area (Å²) in [5.74, 6) is 0.365. The van der Waals surface area contributed by atoms with Gasteiger partial charge < -0.3 is 4.74 Å². The SMILES string of the molecule is [CH2]C(COCCCCC)Cc1ccccc1. The molecule has 1 aromatic rings. The first-order valence-electron chi connectivity index (χ1n) is 6.27. The second kappa shape index (κ2) is 8.35. The molecule has 1 radical (unpaired) electrons. The third-order valence-corrected chi connectivity index (χ3v) is 2.61. The fourth-order valence-electron chi connectivity index (χ4n) is 1.71. The lowest BCUT2D eigenvalue weighted by atomic mass is 10.0. The van der Waals surface area contributed by atoms with Gasteiger partial charge in [0.25, 0.3) is 0 Å². The molecular weight excluding hydrogens is 196 g/mol. The van der Waals surface area contributed by atoms with Gasteiger partial charge in [-0.15, -0.1) is 0 Å². The van der Waals surface area contributed by atoms with Crippen molar-refractivity contribution in [2.24, 2.45) is 5.92 Å². The second-order valence-electron chi connectivity index (χ2n) is 4.34. The quantitative estimate of drug-likeness (QED) is 0.603. The summed E-state index contributed by atoms with van der Waals surface area (Å²) >= 11 is 0. The van der Waals surface area contributed by atoms with Crippen molar-refractivity contribution in [1.82, 2.24) is 0 Å². The number of benzene rings is 1. The highest BCUT2D eigenvalue weighted by Crippen LogP contribution is 2.08. The zero-order chi connectivity index (χ0) is 11.6. The first kappa shape index (κ1) is 13.2. The van der Waals surface area contributed by atoms with Gasteiger partial charge in [0.15, 0.2) is 0 Å². The molecule has 1 heteroatoms. The Hall–Kier alpha value is -0.820. The summed E-state index contributed by atoms with van der Waals surface area (Å²) in [7, 11) is 0. The van der Waals surface area contributed by atoms with E-state index in [0.29, 0.717) is 5.92 Å². The van der Waals surface area contributed by atoms with Gasteiger partial charge in [-0.1, -0.05) is 50.1 Å². The van der Waals surface area contributed by atoms with E-state index in [2.05, 4.69) is 38.1 Å². The molecule has 1 nitrogen and oxygen atoms in total. The van der Waals surface area contributed by atoms with Crippen molar-refractivity contribution in [2.75, 3.05) is 13.2 Å². The Morgan fingerprint density at radius 3 is 2.62 bits per heavy atom. The third kappa shape index (κ3) is 5.92. The van der Waals surface area contributed by atoms with Gasteiger partial charge in [-0.25, -0.2) is 0 Å². The molecular formula is C15H23O. The van der Waals surface area contributed by atoms with Crippen LogP contribution >= 0.6 is 0 Å². The van der Waals surface area contributed by atoms with Gasteiger partial charge in [-0.2, -0.15) is 0 Å². The molecule has 0 aliphatic rings. The maximum Gasteiger partial charge on any atom is 0.0497 e. The molecule has 0 aliphatic heterocycles. The Morgan fingerprint density at radius 1 is 1.19 bits per heavy atom. The van der Waals surface area contributed by atoms with Gasteiger partial charge in [0.2, 0.25) is 0 Å². The number of hydrogen-bond acceptors (Lipinski definition) is 1. The third-order valence-electron chi connectivity index (χ3n) is 2.61. The molecule has 89 valence electrons. The number of ether oxygens (including phenoxy) is 1. The van der Waals surface area contributed by atoms with Gasteiger partial charge >= 0.3 is 0 Å². The molecule has 0 aliphatic carbocycles. The van der Waals surface area contributed by atoms with Crippen LogP contribution in [-0.4, -0.2) is 13.2 Å². The smallest absolute Gasteiger partial charge is 0.0497 e. The van der Waals surface area contributed by atoms with Crippen molar-refractivity contribution in [1.29, 1.82) is 0 Å². The van der Waals surface area contributed by atoms with Crippen LogP contribution in [0.5, 0.6) is 0 Å². The largest absolute Gasteiger partial charge is 0.381 e. The maximum absolute atomic E-state index is 5.61. The van der Waals surface area contributed by atoms with E-state index in [9.17, 15) is 0 Å². The highest BCUT2D eigenvalue weighted by molar-refractivity contribution is 5.15. The van der Waals surface area contributed by atoms with E-state index in [1.165, 1.54) is 24.8 Å². The molecule has 1 unspecified atom stereocenters. The molecule has 0 amide bonds. The molecule has 0 saturated heterocycles. The number of rotatable bonds is 8. The number of unbranched alkanes of at least 4 members (excludes halogenated alkanes) is 2. The molecule has 0 heterocycles. The van der Waals surface area contributed by atoms with Crippen LogP contribution in [0, 0.1) is 12.8 Å². The van der Waals surface area contributed by atoms with E-state index in [4.69, 9.17) is 4.74 Å². The van der Waals surface area contributed by atoms with Crippen LogP contribution in [0.4, 0.5) is 0 Å². The molecule has 0 aromatic heterocycles.